The zero-order valence-corrected chi connectivity index (χ0v) is 15.1. The Morgan fingerprint density at radius 2 is 2.15 bits per heavy atom. The van der Waals surface area contributed by atoms with Crippen LogP contribution < -0.4 is 10.9 Å². The lowest BCUT2D eigenvalue weighted by Gasteiger charge is -2.51. The number of pyridine rings is 1. The Kier molecular flexibility index (Phi) is 3.95. The average molecular weight is 361 g/mol. The lowest BCUT2D eigenvalue weighted by Crippen LogP contribution is -2.65. The van der Waals surface area contributed by atoms with E-state index >= 15 is 4.39 Å². The first-order valence-electron chi connectivity index (χ1n) is 9.08. The Balaban J connectivity index is 1.80. The lowest BCUT2D eigenvalue weighted by atomic mass is 9.72. The predicted molar refractivity (Wildman–Crippen MR) is 93.6 cm³/mol. The van der Waals surface area contributed by atoms with Gasteiger partial charge in [-0.05, 0) is 32.1 Å². The summed E-state index contributed by atoms with van der Waals surface area (Å²) in [5.74, 6) is -0.303. The van der Waals surface area contributed by atoms with Gasteiger partial charge in [0.05, 0.1) is 18.6 Å². The van der Waals surface area contributed by atoms with Crippen molar-refractivity contribution in [1.29, 1.82) is 0 Å². The van der Waals surface area contributed by atoms with Crippen molar-refractivity contribution in [3.05, 3.63) is 46.4 Å². The third-order valence-electron chi connectivity index (χ3n) is 5.87. The van der Waals surface area contributed by atoms with E-state index in [9.17, 15) is 9.59 Å². The molecule has 2 saturated heterocycles. The number of hydrogen-bond acceptors (Lipinski definition) is 4. The van der Waals surface area contributed by atoms with Gasteiger partial charge in [0.15, 0.2) is 0 Å². The molecule has 1 N–H and O–H groups in total. The van der Waals surface area contributed by atoms with Crippen LogP contribution >= 0.6 is 0 Å². The Labute approximate surface area is 151 Å². The van der Waals surface area contributed by atoms with Gasteiger partial charge in [-0.25, -0.2) is 4.39 Å². The highest BCUT2D eigenvalue weighted by Gasteiger charge is 2.54. The number of carbonyl (C=O) groups is 1. The van der Waals surface area contributed by atoms with E-state index < -0.39 is 17.3 Å². The number of amides is 1. The summed E-state index contributed by atoms with van der Waals surface area (Å²) in [4.78, 5) is 26.9. The summed E-state index contributed by atoms with van der Waals surface area (Å²) in [6.45, 7) is 6.42. The fraction of sp³-hybridized carbons (Fsp3) is 0.579. The van der Waals surface area contributed by atoms with E-state index in [1.54, 1.807) is 7.05 Å². The average Bonchev–Trinajstić information content (AvgIpc) is 3.41. The first kappa shape index (κ1) is 17.3. The standard InChI is InChI=1S/C19H24FN3O3/c1-11-6-15-18(25)22(3)12(2)21-19(15,10-26-11)14-7-17(24)23(9-16(14)20)8-13-4-5-13/h7,9,11,13,15,21H,2,4-6,8,10H2,1,3H3/t11-,15-,19+/m0/s1. The summed E-state index contributed by atoms with van der Waals surface area (Å²) in [7, 11) is 1.64. The molecule has 3 aliphatic rings. The van der Waals surface area contributed by atoms with Gasteiger partial charge in [-0.2, -0.15) is 0 Å². The number of nitrogens with zero attached hydrogens (tertiary/aromatic N) is 2. The minimum atomic E-state index is -1.10. The van der Waals surface area contributed by atoms with Gasteiger partial charge in [0, 0.05) is 31.4 Å². The van der Waals surface area contributed by atoms with Gasteiger partial charge in [-0.3, -0.25) is 9.59 Å². The van der Waals surface area contributed by atoms with Crippen LogP contribution in [0.3, 0.4) is 0 Å². The minimum Gasteiger partial charge on any atom is -0.376 e. The predicted octanol–water partition coefficient (Wildman–Crippen LogP) is 1.55. The second-order valence-electron chi connectivity index (χ2n) is 7.82. The van der Waals surface area contributed by atoms with Crippen LogP contribution in [0, 0.1) is 17.7 Å². The molecule has 0 radical (unpaired) electrons. The van der Waals surface area contributed by atoms with Crippen LogP contribution in [-0.4, -0.2) is 35.1 Å². The summed E-state index contributed by atoms with van der Waals surface area (Å²) in [6, 6.07) is 1.32. The summed E-state index contributed by atoms with van der Waals surface area (Å²) < 4.78 is 22.3. The van der Waals surface area contributed by atoms with E-state index in [1.165, 1.54) is 21.7 Å². The molecule has 1 aromatic rings. The monoisotopic (exact) mass is 361 g/mol. The van der Waals surface area contributed by atoms with Crippen LogP contribution in [0.2, 0.25) is 0 Å². The molecule has 26 heavy (non-hydrogen) atoms. The van der Waals surface area contributed by atoms with Gasteiger partial charge in [-0.1, -0.05) is 6.58 Å². The Hall–Kier alpha value is -2.15. The van der Waals surface area contributed by atoms with Crippen molar-refractivity contribution >= 4 is 5.91 Å². The van der Waals surface area contributed by atoms with Crippen molar-refractivity contribution in [3.8, 4) is 0 Å². The quantitative estimate of drug-likeness (QED) is 0.887. The zero-order chi connectivity index (χ0) is 18.6. The molecule has 1 saturated carbocycles. The number of hydrogen-bond donors (Lipinski definition) is 1. The van der Waals surface area contributed by atoms with E-state index in [0.717, 1.165) is 12.8 Å². The summed E-state index contributed by atoms with van der Waals surface area (Å²) in [6.07, 6.45) is 3.77. The van der Waals surface area contributed by atoms with Crippen LogP contribution in [0.5, 0.6) is 0 Å². The molecule has 1 aromatic heterocycles. The second kappa shape index (κ2) is 5.94. The highest BCUT2D eigenvalue weighted by Crippen LogP contribution is 2.43. The van der Waals surface area contributed by atoms with Crippen LogP contribution in [0.25, 0.3) is 0 Å². The largest absolute Gasteiger partial charge is 0.376 e. The van der Waals surface area contributed by atoms with Crippen molar-refractivity contribution in [2.24, 2.45) is 11.8 Å². The maximum absolute atomic E-state index is 15.1. The van der Waals surface area contributed by atoms with Crippen molar-refractivity contribution < 1.29 is 13.9 Å². The molecule has 0 spiro atoms. The molecule has 2 aliphatic heterocycles. The summed E-state index contributed by atoms with van der Waals surface area (Å²) >= 11 is 0. The Bertz CT molecular complexity index is 832. The van der Waals surface area contributed by atoms with E-state index in [4.69, 9.17) is 4.74 Å². The fourth-order valence-corrected chi connectivity index (χ4v) is 4.06. The van der Waals surface area contributed by atoms with Gasteiger partial charge >= 0.3 is 0 Å². The Morgan fingerprint density at radius 1 is 1.42 bits per heavy atom. The number of rotatable bonds is 3. The molecule has 0 unspecified atom stereocenters. The smallest absolute Gasteiger partial charge is 0.251 e. The van der Waals surface area contributed by atoms with Gasteiger partial charge < -0.3 is 19.5 Å². The molecule has 3 fully saturated rings. The maximum atomic E-state index is 15.1. The molecule has 0 aromatic carbocycles. The first-order valence-corrected chi connectivity index (χ1v) is 9.08. The molecule has 3 atom stereocenters. The van der Waals surface area contributed by atoms with Gasteiger partial charge in [0.1, 0.15) is 17.2 Å². The summed E-state index contributed by atoms with van der Waals surface area (Å²) in [5.41, 5.74) is -1.16. The van der Waals surface area contributed by atoms with Gasteiger partial charge in [-0.15, -0.1) is 0 Å². The molecular weight excluding hydrogens is 337 g/mol. The van der Waals surface area contributed by atoms with Crippen molar-refractivity contribution in [1.82, 2.24) is 14.8 Å². The maximum Gasteiger partial charge on any atom is 0.251 e. The molecule has 4 rings (SSSR count). The lowest BCUT2D eigenvalue weighted by molar-refractivity contribution is -0.153. The van der Waals surface area contributed by atoms with Crippen molar-refractivity contribution in [2.75, 3.05) is 13.7 Å². The third-order valence-corrected chi connectivity index (χ3v) is 5.87. The third kappa shape index (κ3) is 2.65. The first-order chi connectivity index (χ1) is 12.3. The van der Waals surface area contributed by atoms with Crippen LogP contribution in [-0.2, 0) is 21.6 Å². The molecule has 7 heteroatoms. The highest BCUT2D eigenvalue weighted by molar-refractivity contribution is 5.83. The van der Waals surface area contributed by atoms with Crippen LogP contribution in [0.1, 0.15) is 31.7 Å². The molecule has 0 bridgehead atoms. The van der Waals surface area contributed by atoms with Gasteiger partial charge in [0.2, 0.25) is 5.91 Å². The molecule has 3 heterocycles. The Morgan fingerprint density at radius 3 is 2.85 bits per heavy atom. The minimum absolute atomic E-state index is 0.112. The van der Waals surface area contributed by atoms with E-state index in [0.29, 0.717) is 24.7 Å². The molecule has 1 amide bonds. The van der Waals surface area contributed by atoms with Crippen LogP contribution in [0.4, 0.5) is 4.39 Å². The molecule has 6 nitrogen and oxygen atoms in total. The molecule has 1 aliphatic carbocycles. The van der Waals surface area contributed by atoms with E-state index in [1.807, 2.05) is 6.92 Å². The number of fused-ring (bicyclic) bond motifs is 1. The zero-order valence-electron chi connectivity index (χ0n) is 15.1. The number of halogens is 1. The number of ether oxygens (including phenoxy) is 1. The molecular formula is C19H24FN3O3. The van der Waals surface area contributed by atoms with Crippen molar-refractivity contribution in [3.63, 3.8) is 0 Å². The van der Waals surface area contributed by atoms with Crippen molar-refractivity contribution in [2.45, 2.75) is 44.4 Å². The van der Waals surface area contributed by atoms with E-state index in [2.05, 4.69) is 11.9 Å². The number of carbonyl (C=O) groups excluding carboxylic acids is 1. The second-order valence-corrected chi connectivity index (χ2v) is 7.82. The summed E-state index contributed by atoms with van der Waals surface area (Å²) in [5, 5.41) is 3.19. The SMILES string of the molecule is C=C1N[C@@]2(c3cc(=O)n(CC4CC4)cc3F)CO[C@@H](C)C[C@H]2C(=O)N1C. The molecule has 140 valence electrons. The normalized spacial score (nSPS) is 31.6. The fourth-order valence-electron chi connectivity index (χ4n) is 4.06. The number of nitrogens with one attached hydrogen (secondary N) is 1. The number of aromatic nitrogens is 1. The van der Waals surface area contributed by atoms with Crippen LogP contribution in [0.15, 0.2) is 29.5 Å². The van der Waals surface area contributed by atoms with E-state index in [-0.39, 0.29) is 29.7 Å². The highest BCUT2D eigenvalue weighted by atomic mass is 19.1. The van der Waals surface area contributed by atoms with Gasteiger partial charge in [0.25, 0.3) is 5.56 Å². The topological polar surface area (TPSA) is 63.6 Å².